The maximum Gasteiger partial charge on any atom is 0.336 e. The Morgan fingerprint density at radius 1 is 0.732 bits per heavy atom. The molecule has 0 amide bonds. The van der Waals surface area contributed by atoms with E-state index in [0.29, 0.717) is 21.9 Å². The Bertz CT molecular complexity index is 1510. The second kappa shape index (κ2) is 16.9. The minimum atomic E-state index is -1.50. The van der Waals surface area contributed by atoms with Gasteiger partial charge in [0.25, 0.3) is 0 Å². The number of hydrogen-bond acceptors (Lipinski definition) is 16. The summed E-state index contributed by atoms with van der Waals surface area (Å²) in [6.45, 7) is 3.98. The Balaban J connectivity index is 0.000000830. The van der Waals surface area contributed by atoms with Crippen molar-refractivity contribution in [1.82, 2.24) is 10.8 Å². The molecule has 0 spiro atoms. The number of aryl methyl sites for hydroxylation is 2. The maximum absolute atomic E-state index is 12.2. The molecule has 218 valence electrons. The van der Waals surface area contributed by atoms with Gasteiger partial charge in [-0.15, -0.1) is 0 Å². The van der Waals surface area contributed by atoms with Gasteiger partial charge in [0.1, 0.15) is 11.2 Å². The smallest absolute Gasteiger partial charge is 0.336 e. The summed E-state index contributed by atoms with van der Waals surface area (Å²) in [5, 5.41) is 69.8. The molecule has 0 atom stereocenters. The zero-order chi connectivity index (χ0) is 30.0. The predicted molar refractivity (Wildman–Crippen MR) is 139 cm³/mol. The van der Waals surface area contributed by atoms with Crippen molar-refractivity contribution in [3.63, 3.8) is 0 Å². The molecule has 0 unspecified atom stereocenters. The molecule has 41 heavy (non-hydrogen) atoms. The van der Waals surface area contributed by atoms with Gasteiger partial charge in [0.05, 0.1) is 13.1 Å². The summed E-state index contributed by atoms with van der Waals surface area (Å²) in [6.07, 6.45) is 2.73. The molecule has 0 aliphatic heterocycles. The molecule has 2 N–H and O–H groups in total. The van der Waals surface area contributed by atoms with Crippen molar-refractivity contribution in [3.8, 4) is 11.5 Å². The molecule has 0 aliphatic rings. The van der Waals surface area contributed by atoms with Gasteiger partial charge in [-0.2, -0.15) is 0 Å². The number of rotatable bonds is 5. The summed E-state index contributed by atoms with van der Waals surface area (Å²) in [4.78, 5) is 31.8. The Hall–Kier alpha value is -3.20. The Morgan fingerprint density at radius 2 is 1.05 bits per heavy atom. The van der Waals surface area contributed by atoms with Gasteiger partial charge < -0.3 is 61.1 Å². The Kier molecular flexibility index (Phi) is 14.8. The first kappa shape index (κ1) is 35.8. The van der Waals surface area contributed by atoms with E-state index in [1.165, 1.54) is 36.7 Å². The van der Waals surface area contributed by atoms with Gasteiger partial charge in [-0.1, -0.05) is 35.8 Å². The van der Waals surface area contributed by atoms with Crippen molar-refractivity contribution in [2.75, 3.05) is 13.1 Å². The van der Waals surface area contributed by atoms with Crippen LogP contribution in [0.2, 0.25) is 0 Å². The molecule has 4 aromatic rings. The average Bonchev–Trinajstić information content (AvgIpc) is 2.82. The van der Waals surface area contributed by atoms with E-state index in [1.54, 1.807) is 26.0 Å². The van der Waals surface area contributed by atoms with Crippen molar-refractivity contribution in [2.24, 2.45) is 9.98 Å². The normalized spacial score (nSPS) is 11.1. The van der Waals surface area contributed by atoms with Gasteiger partial charge in [-0.25, -0.2) is 9.59 Å². The molecular weight excluding hydrogens is 768 g/mol. The second-order valence-electron chi connectivity index (χ2n) is 7.75. The predicted octanol–water partition coefficient (Wildman–Crippen LogP) is 1.55. The molecule has 4 rings (SSSR count). The number of aliphatic imine (C=N–C) groups is 2. The van der Waals surface area contributed by atoms with Crippen LogP contribution in [0.15, 0.2) is 64.8 Å². The van der Waals surface area contributed by atoms with Gasteiger partial charge in [-0.3, -0.25) is 9.98 Å². The molecule has 0 fully saturated rings. The van der Waals surface area contributed by atoms with Crippen LogP contribution >= 0.6 is 0 Å². The minimum Gasteiger partial charge on any atom is -0.872 e. The third-order valence-electron chi connectivity index (χ3n) is 5.03. The third kappa shape index (κ3) is 11.0. The van der Waals surface area contributed by atoms with Crippen LogP contribution in [-0.2, 0) is 0 Å². The number of nitrogens with zero attached hydrogens (tertiary/aromatic N) is 4. The Labute approximate surface area is 262 Å². The van der Waals surface area contributed by atoms with Gasteiger partial charge in [-0.05, 0) is 25.0 Å². The number of benzene rings is 2. The third-order valence-corrected chi connectivity index (χ3v) is 5.03. The molecule has 2 aromatic carbocycles. The van der Waals surface area contributed by atoms with Crippen LogP contribution < -0.4 is 21.5 Å². The fourth-order valence-corrected chi connectivity index (χ4v) is 3.44. The van der Waals surface area contributed by atoms with E-state index in [4.69, 9.17) is 40.1 Å². The fourth-order valence-electron chi connectivity index (χ4n) is 3.44. The topological polar surface area (TPSA) is 270 Å². The van der Waals surface area contributed by atoms with Crippen molar-refractivity contribution < 1.29 is 69.4 Å². The van der Waals surface area contributed by atoms with Crippen molar-refractivity contribution in [1.29, 1.82) is 0 Å². The first-order valence-electron chi connectivity index (χ1n) is 11.0. The summed E-state index contributed by atoms with van der Waals surface area (Å²) in [7, 11) is 0. The van der Waals surface area contributed by atoms with Crippen molar-refractivity contribution >= 4 is 34.4 Å². The molecule has 0 aliphatic carbocycles. The van der Waals surface area contributed by atoms with E-state index < -0.39 is 22.0 Å². The summed E-state index contributed by atoms with van der Waals surface area (Å²) in [6, 6.07) is 8.76. The second-order valence-corrected chi connectivity index (χ2v) is 7.75. The molecule has 16 nitrogen and oxygen atoms in total. The average molecular weight is 788 g/mol. The summed E-state index contributed by atoms with van der Waals surface area (Å²) in [5.74, 6) is -0.619. The van der Waals surface area contributed by atoms with E-state index in [1.807, 2.05) is 0 Å². The molecule has 17 heteroatoms. The summed E-state index contributed by atoms with van der Waals surface area (Å²) < 4.78 is 10.4. The standard InChI is InChI=1S/C24H20N2O6.2HNO3.Th/c1-13-9-21(29)31-23-15(13)3-5-19(27)17(23)11-25-7-8-26-12-18-20(28)6-4-16-14(2)10-22(30)32-24(16)18;2*2-1(3)4;/h3-6,9-12,27-28H,7-8H2,1-2H3;2*2H;/q;2*-2;/p-2. The number of fused-ring (bicyclic) bond motifs is 2. The van der Waals surface area contributed by atoms with Crippen LogP contribution in [0, 0.1) is 74.6 Å². The zero-order valence-corrected chi connectivity index (χ0v) is 25.4. The molecule has 0 radical (unpaired) electrons. The molecular formula is C24H20N4O12Th-6. The maximum atomic E-state index is 12.2. The van der Waals surface area contributed by atoms with E-state index in [9.17, 15) is 19.8 Å². The zero-order valence-electron chi connectivity index (χ0n) is 21.3. The van der Waals surface area contributed by atoms with Crippen molar-refractivity contribution in [3.05, 3.63) is 100 Å². The van der Waals surface area contributed by atoms with Gasteiger partial charge in [0, 0.05) is 86.4 Å². The largest absolute Gasteiger partial charge is 0.872 e. The SMILES string of the molecule is Cc1cc(=O)oc2c(C=NCCN=Cc3c([O-])ccc4c(C)cc(=O)oc34)c([O-])ccc12.[O-]N([O-])O.[O-]N([O-])O.[Th]. The van der Waals surface area contributed by atoms with Crippen LogP contribution in [0.5, 0.6) is 11.5 Å². The Morgan fingerprint density at radius 3 is 1.37 bits per heavy atom. The molecule has 0 saturated carbocycles. The van der Waals surface area contributed by atoms with Crippen LogP contribution in [0.4, 0.5) is 0 Å². The van der Waals surface area contributed by atoms with E-state index in [-0.39, 0.29) is 86.8 Å². The van der Waals surface area contributed by atoms with Gasteiger partial charge >= 0.3 is 11.3 Å². The quantitative estimate of drug-likeness (QED) is 0.126. The van der Waals surface area contributed by atoms with E-state index in [2.05, 4.69) is 9.98 Å². The van der Waals surface area contributed by atoms with E-state index >= 15 is 0 Å². The van der Waals surface area contributed by atoms with Crippen LogP contribution in [0.1, 0.15) is 22.3 Å². The minimum absolute atomic E-state index is 0. The van der Waals surface area contributed by atoms with Crippen LogP contribution in [-0.4, -0.2) is 46.7 Å². The van der Waals surface area contributed by atoms with Gasteiger partial charge in [0.2, 0.25) is 0 Å². The van der Waals surface area contributed by atoms with Gasteiger partial charge in [0.15, 0.2) is 0 Å². The molecule has 0 bridgehead atoms. The number of hydrogen-bond donors (Lipinski definition) is 2. The molecule has 2 aromatic heterocycles. The summed E-state index contributed by atoms with van der Waals surface area (Å²) in [5.41, 5.74) is 1.14. The van der Waals surface area contributed by atoms with Crippen LogP contribution in [0.3, 0.4) is 0 Å². The first-order valence-corrected chi connectivity index (χ1v) is 11.0. The first-order chi connectivity index (χ1) is 18.8. The molecule has 0 saturated heterocycles. The monoisotopic (exact) mass is 788 g/mol. The van der Waals surface area contributed by atoms with E-state index in [0.717, 1.165) is 0 Å². The fraction of sp³-hybridized carbons (Fsp3) is 0.167. The molecule has 2 heterocycles. The van der Waals surface area contributed by atoms with Crippen molar-refractivity contribution in [2.45, 2.75) is 13.8 Å². The summed E-state index contributed by atoms with van der Waals surface area (Å²) >= 11 is 0. The van der Waals surface area contributed by atoms with Crippen LogP contribution in [0.25, 0.3) is 21.9 Å².